The zero-order valence-electron chi connectivity index (χ0n) is 11.6. The third kappa shape index (κ3) is 3.36. The lowest BCUT2D eigenvalue weighted by Crippen LogP contribution is -2.06. The zero-order chi connectivity index (χ0) is 14.5. The lowest BCUT2D eigenvalue weighted by molar-refractivity contribution is 0.0696. The minimum atomic E-state index is -0.921. The zero-order valence-corrected chi connectivity index (χ0v) is 12.5. The number of carboxylic acid groups (broad SMARTS) is 1. The lowest BCUT2D eigenvalue weighted by atomic mass is 10.2. The maximum atomic E-state index is 11.1. The number of thiophene rings is 1. The second-order valence-electron chi connectivity index (χ2n) is 4.47. The third-order valence-corrected chi connectivity index (χ3v) is 4.10. The molecule has 0 aliphatic heterocycles. The largest absolute Gasteiger partial charge is 0.478 e. The number of aromatic carboxylic acids is 1. The van der Waals surface area contributed by atoms with Gasteiger partial charge in [0.15, 0.2) is 0 Å². The van der Waals surface area contributed by atoms with Crippen molar-refractivity contribution in [3.05, 3.63) is 45.3 Å². The van der Waals surface area contributed by atoms with Crippen LogP contribution in [0.25, 0.3) is 0 Å². The van der Waals surface area contributed by atoms with Gasteiger partial charge in [0.1, 0.15) is 5.82 Å². The summed E-state index contributed by atoms with van der Waals surface area (Å²) in [6.45, 7) is 4.77. The van der Waals surface area contributed by atoms with Crippen molar-refractivity contribution >= 4 is 23.1 Å². The Morgan fingerprint density at radius 1 is 1.35 bits per heavy atom. The Morgan fingerprint density at radius 2 is 2.15 bits per heavy atom. The molecule has 0 saturated heterocycles. The van der Waals surface area contributed by atoms with Crippen LogP contribution in [-0.2, 0) is 19.4 Å². The average Bonchev–Trinajstić information content (AvgIpc) is 2.92. The first-order valence-corrected chi connectivity index (χ1v) is 7.55. The molecule has 0 amide bonds. The van der Waals surface area contributed by atoms with Gasteiger partial charge in [0, 0.05) is 10.6 Å². The van der Waals surface area contributed by atoms with Crippen LogP contribution in [0, 0.1) is 0 Å². The summed E-state index contributed by atoms with van der Waals surface area (Å²) >= 11 is 1.71. The molecule has 0 radical (unpaired) electrons. The smallest absolute Gasteiger partial charge is 0.335 e. The van der Waals surface area contributed by atoms with E-state index < -0.39 is 5.97 Å². The van der Waals surface area contributed by atoms with Gasteiger partial charge < -0.3 is 10.4 Å². The van der Waals surface area contributed by atoms with Crippen molar-refractivity contribution in [3.63, 3.8) is 0 Å². The van der Waals surface area contributed by atoms with Crippen LogP contribution in [-0.4, -0.2) is 16.1 Å². The second-order valence-corrected chi connectivity index (χ2v) is 5.47. The molecule has 106 valence electrons. The predicted molar refractivity (Wildman–Crippen MR) is 81.6 cm³/mol. The summed E-state index contributed by atoms with van der Waals surface area (Å²) in [5.74, 6) is -0.298. The van der Waals surface area contributed by atoms with Crippen molar-refractivity contribution in [2.24, 2.45) is 0 Å². The highest BCUT2D eigenvalue weighted by Crippen LogP contribution is 2.19. The van der Waals surface area contributed by atoms with E-state index in [1.54, 1.807) is 23.5 Å². The first-order chi connectivity index (χ1) is 9.63. The summed E-state index contributed by atoms with van der Waals surface area (Å²) in [6.07, 6.45) is 1.72. The number of hydrogen-bond acceptors (Lipinski definition) is 4. The van der Waals surface area contributed by atoms with Gasteiger partial charge >= 0.3 is 5.97 Å². The molecule has 0 aromatic carbocycles. The Kier molecular flexibility index (Phi) is 4.74. The van der Waals surface area contributed by atoms with Gasteiger partial charge in [-0.3, -0.25) is 0 Å². The van der Waals surface area contributed by atoms with Gasteiger partial charge in [-0.2, -0.15) is 0 Å². The monoisotopic (exact) mass is 290 g/mol. The number of hydrogen-bond donors (Lipinski definition) is 2. The summed E-state index contributed by atoms with van der Waals surface area (Å²) in [4.78, 5) is 16.8. The molecular formula is C15H18N2O2S. The molecule has 5 heteroatoms. The first kappa shape index (κ1) is 14.5. The van der Waals surface area contributed by atoms with E-state index in [1.165, 1.54) is 10.4 Å². The van der Waals surface area contributed by atoms with Crippen LogP contribution in [0.3, 0.4) is 0 Å². The van der Waals surface area contributed by atoms with Crippen LogP contribution in [0.2, 0.25) is 0 Å². The van der Waals surface area contributed by atoms with Crippen LogP contribution in [0.1, 0.15) is 40.3 Å². The van der Waals surface area contributed by atoms with Crippen molar-refractivity contribution in [2.45, 2.75) is 33.2 Å². The Balaban J connectivity index is 2.16. The molecular weight excluding hydrogens is 272 g/mol. The molecule has 0 aliphatic rings. The number of aryl methyl sites for hydroxylation is 2. The Bertz CT molecular complexity index is 608. The topological polar surface area (TPSA) is 62.2 Å². The van der Waals surface area contributed by atoms with Crippen LogP contribution in [0.5, 0.6) is 0 Å². The minimum Gasteiger partial charge on any atom is -0.478 e. The van der Waals surface area contributed by atoms with Crippen molar-refractivity contribution in [3.8, 4) is 0 Å². The fraction of sp³-hybridized carbons (Fsp3) is 0.333. The summed E-state index contributed by atoms with van der Waals surface area (Å²) in [5, 5.41) is 14.4. The molecule has 2 N–H and O–H groups in total. The molecule has 2 aromatic heterocycles. The van der Waals surface area contributed by atoms with Gasteiger partial charge in [-0.05, 0) is 42.0 Å². The number of pyridine rings is 1. The van der Waals surface area contributed by atoms with Crippen molar-refractivity contribution < 1.29 is 9.90 Å². The summed E-state index contributed by atoms with van der Waals surface area (Å²) in [5.41, 5.74) is 2.39. The SMILES string of the molecule is CCc1cc(C(=O)O)cc(NCc2sccc2CC)n1. The number of carboxylic acids is 1. The highest BCUT2D eigenvalue weighted by molar-refractivity contribution is 7.10. The van der Waals surface area contributed by atoms with E-state index in [-0.39, 0.29) is 5.56 Å². The molecule has 2 aromatic rings. The second kappa shape index (κ2) is 6.52. The van der Waals surface area contributed by atoms with Crippen LogP contribution >= 0.6 is 11.3 Å². The quantitative estimate of drug-likeness (QED) is 0.853. The number of rotatable bonds is 6. The Hall–Kier alpha value is -1.88. The molecule has 2 heterocycles. The van der Waals surface area contributed by atoms with Gasteiger partial charge in [-0.25, -0.2) is 9.78 Å². The number of nitrogens with zero attached hydrogens (tertiary/aromatic N) is 1. The summed E-state index contributed by atoms with van der Waals surface area (Å²) in [6, 6.07) is 5.33. The number of carbonyl (C=O) groups is 1. The maximum absolute atomic E-state index is 11.1. The Morgan fingerprint density at radius 3 is 2.80 bits per heavy atom. The normalized spacial score (nSPS) is 10.5. The number of anilines is 1. The van der Waals surface area contributed by atoms with E-state index in [0.717, 1.165) is 18.5 Å². The molecule has 0 saturated carbocycles. The standard InChI is InChI=1S/C15H18N2O2S/c1-3-10-5-6-20-13(10)9-16-14-8-11(15(18)19)7-12(4-2)17-14/h5-8H,3-4,9H2,1-2H3,(H,16,17)(H,18,19). The van der Waals surface area contributed by atoms with Gasteiger partial charge in [0.2, 0.25) is 0 Å². The van der Waals surface area contributed by atoms with Crippen molar-refractivity contribution in [1.29, 1.82) is 0 Å². The number of nitrogens with one attached hydrogen (secondary N) is 1. The van der Waals surface area contributed by atoms with Gasteiger partial charge in [0.25, 0.3) is 0 Å². The minimum absolute atomic E-state index is 0.279. The van der Waals surface area contributed by atoms with E-state index in [1.807, 2.05) is 6.92 Å². The van der Waals surface area contributed by atoms with E-state index >= 15 is 0 Å². The van der Waals surface area contributed by atoms with E-state index in [0.29, 0.717) is 12.4 Å². The lowest BCUT2D eigenvalue weighted by Gasteiger charge is -2.08. The van der Waals surface area contributed by atoms with E-state index in [2.05, 4.69) is 28.7 Å². The molecule has 0 unspecified atom stereocenters. The molecule has 4 nitrogen and oxygen atoms in total. The van der Waals surface area contributed by atoms with E-state index in [4.69, 9.17) is 5.11 Å². The summed E-state index contributed by atoms with van der Waals surface area (Å²) < 4.78 is 0. The molecule has 0 fully saturated rings. The Labute approximate surface area is 122 Å². The van der Waals surface area contributed by atoms with Crippen molar-refractivity contribution in [2.75, 3.05) is 5.32 Å². The maximum Gasteiger partial charge on any atom is 0.335 e. The molecule has 0 bridgehead atoms. The fourth-order valence-electron chi connectivity index (χ4n) is 1.99. The summed E-state index contributed by atoms with van der Waals surface area (Å²) in [7, 11) is 0. The highest BCUT2D eigenvalue weighted by Gasteiger charge is 2.08. The van der Waals surface area contributed by atoms with Crippen LogP contribution in [0.4, 0.5) is 5.82 Å². The van der Waals surface area contributed by atoms with Gasteiger partial charge in [-0.15, -0.1) is 11.3 Å². The molecule has 20 heavy (non-hydrogen) atoms. The fourth-order valence-corrected chi connectivity index (χ4v) is 2.91. The van der Waals surface area contributed by atoms with Crippen LogP contribution in [0.15, 0.2) is 23.6 Å². The molecule has 0 spiro atoms. The first-order valence-electron chi connectivity index (χ1n) is 6.67. The number of aromatic nitrogens is 1. The van der Waals surface area contributed by atoms with Crippen molar-refractivity contribution in [1.82, 2.24) is 4.98 Å². The third-order valence-electron chi connectivity index (χ3n) is 3.14. The van der Waals surface area contributed by atoms with Crippen LogP contribution < -0.4 is 5.32 Å². The predicted octanol–water partition coefficient (Wildman–Crippen LogP) is 3.58. The molecule has 0 atom stereocenters. The highest BCUT2D eigenvalue weighted by atomic mass is 32.1. The van der Waals surface area contributed by atoms with Gasteiger partial charge in [0.05, 0.1) is 12.1 Å². The average molecular weight is 290 g/mol. The van der Waals surface area contributed by atoms with Gasteiger partial charge in [-0.1, -0.05) is 13.8 Å². The van der Waals surface area contributed by atoms with E-state index in [9.17, 15) is 4.79 Å². The molecule has 2 rings (SSSR count). The molecule has 0 aliphatic carbocycles.